The molecule has 1 aliphatic rings. The predicted molar refractivity (Wildman–Crippen MR) is 111 cm³/mol. The Labute approximate surface area is 169 Å². The minimum atomic E-state index is -0.175. The Morgan fingerprint density at radius 1 is 1.39 bits per heavy atom. The maximum atomic E-state index is 12.5. The van der Waals surface area contributed by atoms with Crippen molar-refractivity contribution in [2.75, 3.05) is 25.5 Å². The molecule has 1 unspecified atom stereocenters. The van der Waals surface area contributed by atoms with Gasteiger partial charge in [0.05, 0.1) is 19.2 Å². The van der Waals surface area contributed by atoms with Crippen LogP contribution in [0.1, 0.15) is 48.3 Å². The first-order valence-electron chi connectivity index (χ1n) is 9.59. The van der Waals surface area contributed by atoms with Gasteiger partial charge in [-0.05, 0) is 50.4 Å². The molecule has 0 radical (unpaired) electrons. The highest BCUT2D eigenvalue weighted by Gasteiger charge is 2.18. The van der Waals surface area contributed by atoms with E-state index in [-0.39, 0.29) is 18.1 Å². The van der Waals surface area contributed by atoms with Crippen molar-refractivity contribution in [3.8, 4) is 5.75 Å². The van der Waals surface area contributed by atoms with E-state index >= 15 is 0 Å². The summed E-state index contributed by atoms with van der Waals surface area (Å²) in [5.41, 5.74) is 2.24. The minimum Gasteiger partial charge on any atom is -0.496 e. The summed E-state index contributed by atoms with van der Waals surface area (Å²) in [6.45, 7) is 6.83. The highest BCUT2D eigenvalue weighted by Crippen LogP contribution is 2.23. The number of nitrogens with one attached hydrogen (secondary N) is 1. The Hall–Kier alpha value is -2.25. The third kappa shape index (κ3) is 5.39. The third-order valence-electron chi connectivity index (χ3n) is 4.96. The molecule has 0 spiro atoms. The second-order valence-corrected chi connectivity index (χ2v) is 8.29. The zero-order valence-electron chi connectivity index (χ0n) is 16.7. The zero-order valence-corrected chi connectivity index (χ0v) is 17.5. The van der Waals surface area contributed by atoms with E-state index in [1.165, 1.54) is 31.1 Å². The molecule has 0 aliphatic carbocycles. The zero-order chi connectivity index (χ0) is 20.1. The van der Waals surface area contributed by atoms with E-state index in [0.29, 0.717) is 22.0 Å². The molecule has 2 aromatic rings. The fraction of sp³-hybridized carbons (Fsp3) is 0.476. The number of carbonyl (C=O) groups is 2. The fourth-order valence-electron chi connectivity index (χ4n) is 3.57. The highest BCUT2D eigenvalue weighted by atomic mass is 32.1. The number of methoxy groups -OCH3 is 1. The summed E-state index contributed by atoms with van der Waals surface area (Å²) in [4.78, 5) is 31.1. The summed E-state index contributed by atoms with van der Waals surface area (Å²) < 4.78 is 5.32. The second kappa shape index (κ2) is 9.30. The number of likely N-dealkylation sites (tertiary alicyclic amines) is 1. The largest absolute Gasteiger partial charge is 0.496 e. The third-order valence-corrected chi connectivity index (χ3v) is 5.77. The van der Waals surface area contributed by atoms with Crippen molar-refractivity contribution < 1.29 is 14.3 Å². The van der Waals surface area contributed by atoms with Gasteiger partial charge in [0.2, 0.25) is 5.91 Å². The summed E-state index contributed by atoms with van der Waals surface area (Å²) in [6, 6.07) is 5.14. The Morgan fingerprint density at radius 3 is 2.93 bits per heavy atom. The van der Waals surface area contributed by atoms with E-state index in [2.05, 4.69) is 22.1 Å². The number of hydrogen-bond donors (Lipinski definition) is 1. The minimum absolute atomic E-state index is 0.0408. The summed E-state index contributed by atoms with van der Waals surface area (Å²) in [6.07, 6.45) is 2.65. The first-order chi connectivity index (χ1) is 13.4. The van der Waals surface area contributed by atoms with Crippen LogP contribution in [-0.4, -0.2) is 41.8 Å². The van der Waals surface area contributed by atoms with E-state index in [1.54, 1.807) is 25.3 Å². The van der Waals surface area contributed by atoms with Crippen molar-refractivity contribution in [2.24, 2.45) is 5.92 Å². The standard InChI is InChI=1S/C21H27N3O3S/c1-14-5-4-8-24(11-14)12-18-13-28-21(22-18)23-20(26)10-17-9-16(15(2)25)6-7-19(17)27-3/h6-7,9,13-14H,4-5,8,10-12H2,1-3H3,(H,22,23,26). The van der Waals surface area contributed by atoms with Gasteiger partial charge >= 0.3 is 0 Å². The number of nitrogens with zero attached hydrogens (tertiary/aromatic N) is 2. The maximum Gasteiger partial charge on any atom is 0.230 e. The average molecular weight is 402 g/mol. The number of benzene rings is 1. The predicted octanol–water partition coefficient (Wildman–Crippen LogP) is 3.77. The van der Waals surface area contributed by atoms with E-state index in [1.807, 2.05) is 5.38 Å². The summed E-state index contributed by atoms with van der Waals surface area (Å²) in [5, 5.41) is 5.48. The smallest absolute Gasteiger partial charge is 0.230 e. The van der Waals surface area contributed by atoms with Gasteiger partial charge in [-0.2, -0.15) is 0 Å². The van der Waals surface area contributed by atoms with Crippen LogP contribution in [0.2, 0.25) is 0 Å². The normalized spacial score (nSPS) is 17.3. The Morgan fingerprint density at radius 2 is 2.21 bits per heavy atom. The lowest BCUT2D eigenvalue weighted by Crippen LogP contribution is -2.33. The molecule has 2 heterocycles. The molecular formula is C21H27N3O3S. The number of anilines is 1. The van der Waals surface area contributed by atoms with Crippen molar-refractivity contribution >= 4 is 28.2 Å². The lowest BCUT2D eigenvalue weighted by Gasteiger charge is -2.30. The molecule has 3 rings (SSSR count). The van der Waals surface area contributed by atoms with Gasteiger partial charge in [0.15, 0.2) is 10.9 Å². The van der Waals surface area contributed by atoms with Crippen LogP contribution >= 0.6 is 11.3 Å². The number of aromatic nitrogens is 1. The van der Waals surface area contributed by atoms with E-state index in [4.69, 9.17) is 4.74 Å². The topological polar surface area (TPSA) is 71.5 Å². The number of thiazole rings is 1. The molecule has 1 aromatic heterocycles. The van der Waals surface area contributed by atoms with Crippen LogP contribution in [0, 0.1) is 5.92 Å². The molecule has 1 aliphatic heterocycles. The molecule has 6 nitrogen and oxygen atoms in total. The number of amides is 1. The molecule has 0 saturated carbocycles. The van der Waals surface area contributed by atoms with Gasteiger partial charge in [0.1, 0.15) is 5.75 Å². The maximum absolute atomic E-state index is 12.5. The quantitative estimate of drug-likeness (QED) is 0.715. The van der Waals surface area contributed by atoms with Gasteiger partial charge < -0.3 is 10.1 Å². The Kier molecular flexibility index (Phi) is 6.80. The molecule has 28 heavy (non-hydrogen) atoms. The molecule has 1 saturated heterocycles. The van der Waals surface area contributed by atoms with Crippen molar-refractivity contribution in [3.05, 3.63) is 40.4 Å². The van der Waals surface area contributed by atoms with Crippen LogP contribution < -0.4 is 10.1 Å². The van der Waals surface area contributed by atoms with Gasteiger partial charge in [0, 0.05) is 29.6 Å². The Balaban J connectivity index is 1.60. The summed E-state index contributed by atoms with van der Waals surface area (Å²) in [7, 11) is 1.55. The number of ketones is 1. The highest BCUT2D eigenvalue weighted by molar-refractivity contribution is 7.13. The number of ether oxygens (including phenoxy) is 1. The molecule has 1 atom stereocenters. The molecule has 150 valence electrons. The van der Waals surface area contributed by atoms with Gasteiger partial charge in [-0.25, -0.2) is 4.98 Å². The van der Waals surface area contributed by atoms with Crippen molar-refractivity contribution in [2.45, 2.75) is 39.7 Å². The summed E-state index contributed by atoms with van der Waals surface area (Å²) in [5.74, 6) is 1.11. The lowest BCUT2D eigenvalue weighted by atomic mass is 10.0. The van der Waals surface area contributed by atoms with Crippen LogP contribution in [0.4, 0.5) is 5.13 Å². The molecule has 0 bridgehead atoms. The van der Waals surface area contributed by atoms with Gasteiger partial charge in [-0.3, -0.25) is 14.5 Å². The molecule has 7 heteroatoms. The lowest BCUT2D eigenvalue weighted by molar-refractivity contribution is -0.115. The number of hydrogen-bond acceptors (Lipinski definition) is 6. The van der Waals surface area contributed by atoms with E-state index < -0.39 is 0 Å². The number of rotatable bonds is 7. The van der Waals surface area contributed by atoms with Crippen molar-refractivity contribution in [1.82, 2.24) is 9.88 Å². The summed E-state index contributed by atoms with van der Waals surface area (Å²) >= 11 is 1.44. The van der Waals surface area contributed by atoms with Crippen molar-refractivity contribution in [3.63, 3.8) is 0 Å². The molecule has 1 amide bonds. The van der Waals surface area contributed by atoms with Crippen LogP contribution in [0.5, 0.6) is 5.75 Å². The Bertz CT molecular complexity index is 849. The second-order valence-electron chi connectivity index (χ2n) is 7.43. The SMILES string of the molecule is COc1ccc(C(C)=O)cc1CC(=O)Nc1nc(CN2CCCC(C)C2)cs1. The van der Waals surface area contributed by atoms with Gasteiger partial charge in [-0.1, -0.05) is 6.92 Å². The van der Waals surface area contributed by atoms with E-state index in [9.17, 15) is 9.59 Å². The van der Waals surface area contributed by atoms with Crippen molar-refractivity contribution in [1.29, 1.82) is 0 Å². The number of carbonyl (C=O) groups excluding carboxylic acids is 2. The van der Waals surface area contributed by atoms with Gasteiger partial charge in [0.25, 0.3) is 0 Å². The first kappa shape index (κ1) is 20.5. The van der Waals surface area contributed by atoms with Gasteiger partial charge in [-0.15, -0.1) is 11.3 Å². The van der Waals surface area contributed by atoms with Crippen LogP contribution in [0.25, 0.3) is 0 Å². The van der Waals surface area contributed by atoms with E-state index in [0.717, 1.165) is 31.2 Å². The van der Waals surface area contributed by atoms with Crippen LogP contribution in [0.3, 0.4) is 0 Å². The first-order valence-corrected chi connectivity index (χ1v) is 10.5. The molecular weight excluding hydrogens is 374 g/mol. The molecule has 1 N–H and O–H groups in total. The average Bonchev–Trinajstić information content (AvgIpc) is 3.08. The molecule has 1 aromatic carbocycles. The van der Waals surface area contributed by atoms with Crippen LogP contribution in [0.15, 0.2) is 23.6 Å². The number of piperidine rings is 1. The number of Topliss-reactive ketones (excluding diaryl/α,β-unsaturated/α-hetero) is 1. The van der Waals surface area contributed by atoms with Crippen LogP contribution in [-0.2, 0) is 17.8 Å². The molecule has 1 fully saturated rings. The monoisotopic (exact) mass is 401 g/mol. The fourth-order valence-corrected chi connectivity index (χ4v) is 4.29.